The van der Waals surface area contributed by atoms with E-state index >= 15 is 0 Å². The summed E-state index contributed by atoms with van der Waals surface area (Å²) in [7, 11) is 4.94. The minimum Gasteiger partial charge on any atom is -0.493 e. The first-order valence-corrected chi connectivity index (χ1v) is 5.70. The number of rotatable bonds is 4. The highest BCUT2D eigenvalue weighted by molar-refractivity contribution is 5.87. The Hall–Kier alpha value is -1.81. The Morgan fingerprint density at radius 2 is 1.89 bits per heavy atom. The molecule has 0 aliphatic heterocycles. The maximum Gasteiger partial charge on any atom is 0.164 e. The van der Waals surface area contributed by atoms with Crippen molar-refractivity contribution in [1.82, 2.24) is 4.98 Å². The normalized spacial score (nSPS) is 10.7. The third kappa shape index (κ3) is 2.11. The van der Waals surface area contributed by atoms with Gasteiger partial charge >= 0.3 is 0 Å². The molecule has 2 rings (SSSR count). The molecule has 0 fully saturated rings. The van der Waals surface area contributed by atoms with Crippen LogP contribution in [0.2, 0.25) is 0 Å². The number of benzene rings is 1. The lowest BCUT2D eigenvalue weighted by Crippen LogP contribution is -1.96. The molecule has 0 bridgehead atoms. The molecule has 1 heterocycles. The Kier molecular flexibility index (Phi) is 3.67. The Morgan fingerprint density at radius 1 is 1.11 bits per heavy atom. The molecule has 0 aliphatic rings. The van der Waals surface area contributed by atoms with Crippen molar-refractivity contribution < 1.29 is 14.2 Å². The molecule has 96 valence electrons. The first-order chi connectivity index (χ1) is 8.71. The highest BCUT2D eigenvalue weighted by Gasteiger charge is 2.12. The predicted octanol–water partition coefficient (Wildman–Crippen LogP) is 2.71. The topological polar surface area (TPSA) is 40.6 Å². The molecule has 0 spiro atoms. The van der Waals surface area contributed by atoms with Crippen molar-refractivity contribution in [3.8, 4) is 11.5 Å². The zero-order chi connectivity index (χ0) is 13.1. The summed E-state index contributed by atoms with van der Waals surface area (Å²) >= 11 is 0. The van der Waals surface area contributed by atoms with Crippen molar-refractivity contribution >= 4 is 10.9 Å². The third-order valence-corrected chi connectivity index (χ3v) is 2.95. The summed E-state index contributed by atoms with van der Waals surface area (Å²) < 4.78 is 15.8. The largest absolute Gasteiger partial charge is 0.493 e. The number of ether oxygens (including phenoxy) is 3. The van der Waals surface area contributed by atoms with E-state index < -0.39 is 0 Å². The van der Waals surface area contributed by atoms with Crippen LogP contribution in [0.3, 0.4) is 0 Å². The second-order valence-corrected chi connectivity index (χ2v) is 4.08. The smallest absolute Gasteiger partial charge is 0.164 e. The van der Waals surface area contributed by atoms with Crippen LogP contribution in [0.1, 0.15) is 11.1 Å². The number of fused-ring (bicyclic) bond motifs is 1. The van der Waals surface area contributed by atoms with Gasteiger partial charge in [-0.05, 0) is 18.6 Å². The monoisotopic (exact) mass is 247 g/mol. The molecular formula is C14H17NO3. The fraction of sp³-hybridized carbons (Fsp3) is 0.357. The molecule has 0 saturated heterocycles. The Bertz CT molecular complexity index is 566. The SMILES string of the molecule is COCc1cnc2cc(OC)c(OC)c(C)c2c1. The van der Waals surface area contributed by atoms with E-state index in [1.54, 1.807) is 21.3 Å². The molecule has 1 aromatic heterocycles. The van der Waals surface area contributed by atoms with Crippen LogP contribution in [-0.4, -0.2) is 26.3 Å². The zero-order valence-corrected chi connectivity index (χ0v) is 11.1. The van der Waals surface area contributed by atoms with Crippen LogP contribution < -0.4 is 9.47 Å². The molecule has 0 atom stereocenters. The average molecular weight is 247 g/mol. The molecule has 4 nitrogen and oxygen atoms in total. The van der Waals surface area contributed by atoms with E-state index in [0.717, 1.165) is 27.8 Å². The van der Waals surface area contributed by atoms with Gasteiger partial charge in [0.1, 0.15) is 0 Å². The minimum absolute atomic E-state index is 0.552. The maximum absolute atomic E-state index is 5.39. The molecule has 0 N–H and O–H groups in total. The lowest BCUT2D eigenvalue weighted by Gasteiger charge is -2.13. The van der Waals surface area contributed by atoms with E-state index in [2.05, 4.69) is 11.1 Å². The van der Waals surface area contributed by atoms with Gasteiger partial charge in [0.05, 0.1) is 26.3 Å². The number of methoxy groups -OCH3 is 3. The fourth-order valence-electron chi connectivity index (χ4n) is 2.08. The number of aromatic nitrogens is 1. The number of pyridine rings is 1. The van der Waals surface area contributed by atoms with Crippen molar-refractivity contribution in [2.45, 2.75) is 13.5 Å². The summed E-state index contributed by atoms with van der Waals surface area (Å²) in [6.45, 7) is 2.55. The quantitative estimate of drug-likeness (QED) is 0.833. The van der Waals surface area contributed by atoms with Gasteiger partial charge in [0, 0.05) is 30.3 Å². The first-order valence-electron chi connectivity index (χ1n) is 5.70. The number of hydrogen-bond acceptors (Lipinski definition) is 4. The summed E-state index contributed by atoms with van der Waals surface area (Å²) in [5.74, 6) is 1.45. The van der Waals surface area contributed by atoms with Gasteiger partial charge in [-0.1, -0.05) is 0 Å². The van der Waals surface area contributed by atoms with Gasteiger partial charge < -0.3 is 14.2 Å². The van der Waals surface area contributed by atoms with Gasteiger partial charge in [0.25, 0.3) is 0 Å². The summed E-state index contributed by atoms with van der Waals surface area (Å²) in [5, 5.41) is 1.06. The van der Waals surface area contributed by atoms with Gasteiger partial charge in [-0.25, -0.2) is 0 Å². The second-order valence-electron chi connectivity index (χ2n) is 4.08. The van der Waals surface area contributed by atoms with Gasteiger partial charge in [-0.15, -0.1) is 0 Å². The van der Waals surface area contributed by atoms with Crippen LogP contribution in [0.5, 0.6) is 11.5 Å². The molecule has 1 aromatic carbocycles. The highest BCUT2D eigenvalue weighted by atomic mass is 16.5. The lowest BCUT2D eigenvalue weighted by molar-refractivity contribution is 0.184. The van der Waals surface area contributed by atoms with Crippen molar-refractivity contribution in [3.63, 3.8) is 0 Å². The van der Waals surface area contributed by atoms with Crippen LogP contribution in [0.4, 0.5) is 0 Å². The molecule has 0 aliphatic carbocycles. The molecule has 4 heteroatoms. The standard InChI is InChI=1S/C14H17NO3/c1-9-11-5-10(8-16-2)7-15-12(11)6-13(17-3)14(9)18-4/h5-7H,8H2,1-4H3. The predicted molar refractivity (Wildman–Crippen MR) is 70.3 cm³/mol. The van der Waals surface area contributed by atoms with Crippen LogP contribution in [-0.2, 0) is 11.3 Å². The highest BCUT2D eigenvalue weighted by Crippen LogP contribution is 2.36. The molecule has 0 radical (unpaired) electrons. The minimum atomic E-state index is 0.552. The average Bonchev–Trinajstić information content (AvgIpc) is 2.39. The van der Waals surface area contributed by atoms with Gasteiger partial charge in [-0.2, -0.15) is 0 Å². The number of hydrogen-bond donors (Lipinski definition) is 0. The van der Waals surface area contributed by atoms with E-state index in [1.807, 2.05) is 19.2 Å². The molecule has 18 heavy (non-hydrogen) atoms. The van der Waals surface area contributed by atoms with Crippen molar-refractivity contribution in [2.75, 3.05) is 21.3 Å². The lowest BCUT2D eigenvalue weighted by atomic mass is 10.1. The van der Waals surface area contributed by atoms with Crippen molar-refractivity contribution in [1.29, 1.82) is 0 Å². The van der Waals surface area contributed by atoms with Crippen molar-refractivity contribution in [3.05, 3.63) is 29.5 Å². The molecule has 0 saturated carbocycles. The van der Waals surface area contributed by atoms with Crippen LogP contribution in [0.15, 0.2) is 18.3 Å². The first kappa shape index (κ1) is 12.6. The van der Waals surface area contributed by atoms with Crippen molar-refractivity contribution in [2.24, 2.45) is 0 Å². The molecule has 0 amide bonds. The Balaban J connectivity index is 2.66. The Morgan fingerprint density at radius 3 is 2.50 bits per heavy atom. The number of nitrogens with zero attached hydrogens (tertiary/aromatic N) is 1. The summed E-state index contributed by atoms with van der Waals surface area (Å²) in [4.78, 5) is 4.43. The van der Waals surface area contributed by atoms with E-state index in [1.165, 1.54) is 0 Å². The van der Waals surface area contributed by atoms with Crippen LogP contribution in [0.25, 0.3) is 10.9 Å². The fourth-order valence-corrected chi connectivity index (χ4v) is 2.08. The van der Waals surface area contributed by atoms with Gasteiger partial charge in [-0.3, -0.25) is 4.98 Å². The van der Waals surface area contributed by atoms with Gasteiger partial charge in [0.15, 0.2) is 11.5 Å². The molecular weight excluding hydrogens is 230 g/mol. The van der Waals surface area contributed by atoms with E-state index in [9.17, 15) is 0 Å². The number of aryl methyl sites for hydroxylation is 1. The van der Waals surface area contributed by atoms with E-state index in [0.29, 0.717) is 12.4 Å². The van der Waals surface area contributed by atoms with E-state index in [-0.39, 0.29) is 0 Å². The van der Waals surface area contributed by atoms with E-state index in [4.69, 9.17) is 14.2 Å². The summed E-state index contributed by atoms with van der Waals surface area (Å²) in [6, 6.07) is 3.96. The maximum atomic E-state index is 5.39. The Labute approximate surface area is 106 Å². The third-order valence-electron chi connectivity index (χ3n) is 2.95. The molecule has 0 unspecified atom stereocenters. The van der Waals surface area contributed by atoms with Crippen LogP contribution >= 0.6 is 0 Å². The molecule has 2 aromatic rings. The summed E-state index contributed by atoms with van der Waals surface area (Å²) in [5.41, 5.74) is 2.96. The van der Waals surface area contributed by atoms with Crippen LogP contribution in [0, 0.1) is 6.92 Å². The van der Waals surface area contributed by atoms with Gasteiger partial charge in [0.2, 0.25) is 0 Å². The summed E-state index contributed by atoms with van der Waals surface area (Å²) in [6.07, 6.45) is 1.82. The zero-order valence-electron chi connectivity index (χ0n) is 11.1. The second kappa shape index (κ2) is 5.23.